The Balaban J connectivity index is 1.91. The molecule has 0 aliphatic heterocycles. The van der Waals surface area contributed by atoms with E-state index in [1.165, 1.54) is 24.0 Å². The average molecular weight is 426 g/mol. The van der Waals surface area contributed by atoms with E-state index >= 15 is 0 Å². The molecule has 7 heteroatoms. The molecule has 0 spiro atoms. The Hall–Kier alpha value is -2.77. The fourth-order valence-electron chi connectivity index (χ4n) is 3.14. The van der Waals surface area contributed by atoms with Crippen LogP contribution in [0.1, 0.15) is 39.6 Å². The minimum Gasteiger partial charge on any atom is -0.465 e. The van der Waals surface area contributed by atoms with Crippen LogP contribution in [0.5, 0.6) is 0 Å². The van der Waals surface area contributed by atoms with Gasteiger partial charge in [-0.3, -0.25) is 9.69 Å². The Kier molecular flexibility index (Phi) is 7.18. The van der Waals surface area contributed by atoms with Crippen molar-refractivity contribution in [2.24, 2.45) is 0 Å². The smallest absolute Gasteiger partial charge is 0.337 e. The summed E-state index contributed by atoms with van der Waals surface area (Å²) < 4.78 is 5.81. The number of aromatic nitrogens is 1. The van der Waals surface area contributed by atoms with Gasteiger partial charge in [0.05, 0.1) is 22.9 Å². The third-order valence-electron chi connectivity index (χ3n) is 4.87. The number of hydrogen-bond donors (Lipinski definition) is 0. The van der Waals surface area contributed by atoms with Crippen LogP contribution < -0.4 is 4.90 Å². The number of carbonyl (C=O) groups is 2. The number of hydrogen-bond acceptors (Lipinski definition) is 6. The zero-order valence-corrected chi connectivity index (χ0v) is 18.7. The Labute approximate surface area is 181 Å². The normalized spacial score (nSPS) is 11.1. The van der Waals surface area contributed by atoms with Crippen molar-refractivity contribution in [3.05, 3.63) is 59.2 Å². The molecule has 0 bridgehead atoms. The molecule has 0 radical (unpaired) electrons. The van der Waals surface area contributed by atoms with Crippen molar-refractivity contribution in [1.82, 2.24) is 9.88 Å². The number of benzene rings is 2. The number of anilines is 1. The van der Waals surface area contributed by atoms with Crippen molar-refractivity contribution in [3.8, 4) is 0 Å². The first-order valence-electron chi connectivity index (χ1n) is 9.97. The van der Waals surface area contributed by atoms with Gasteiger partial charge in [0.1, 0.15) is 0 Å². The molecule has 0 saturated carbocycles. The molecule has 0 fully saturated rings. The van der Waals surface area contributed by atoms with Gasteiger partial charge in [-0.05, 0) is 75.4 Å². The van der Waals surface area contributed by atoms with E-state index in [1.54, 1.807) is 29.2 Å². The largest absolute Gasteiger partial charge is 0.465 e. The summed E-state index contributed by atoms with van der Waals surface area (Å²) in [5.41, 5.74) is 3.08. The molecule has 1 aromatic heterocycles. The van der Waals surface area contributed by atoms with Gasteiger partial charge in [-0.2, -0.15) is 0 Å². The van der Waals surface area contributed by atoms with Crippen LogP contribution in [0, 0.1) is 0 Å². The number of rotatable bonds is 8. The molecule has 0 N–H and O–H groups in total. The lowest BCUT2D eigenvalue weighted by molar-refractivity contribution is 0.0600. The minimum absolute atomic E-state index is 0.125. The number of amides is 1. The van der Waals surface area contributed by atoms with Gasteiger partial charge in [0.15, 0.2) is 5.13 Å². The monoisotopic (exact) mass is 425 g/mol. The quantitative estimate of drug-likeness (QED) is 0.505. The van der Waals surface area contributed by atoms with Crippen molar-refractivity contribution in [2.45, 2.75) is 19.8 Å². The number of carbonyl (C=O) groups excluding carboxylic acids is 2. The van der Waals surface area contributed by atoms with Crippen LogP contribution in [-0.2, 0) is 11.2 Å². The number of ether oxygens (including phenoxy) is 1. The summed E-state index contributed by atoms with van der Waals surface area (Å²) in [5.74, 6) is -0.547. The zero-order chi connectivity index (χ0) is 21.7. The molecular weight excluding hydrogens is 398 g/mol. The Morgan fingerprint density at radius 2 is 1.73 bits per heavy atom. The number of esters is 1. The lowest BCUT2D eigenvalue weighted by Crippen LogP contribution is -2.33. The molecule has 1 heterocycles. The van der Waals surface area contributed by atoms with Gasteiger partial charge >= 0.3 is 5.97 Å². The summed E-state index contributed by atoms with van der Waals surface area (Å²) in [7, 11) is 5.37. The first-order chi connectivity index (χ1) is 14.4. The van der Waals surface area contributed by atoms with Gasteiger partial charge in [0.2, 0.25) is 0 Å². The van der Waals surface area contributed by atoms with Gasteiger partial charge in [-0.1, -0.05) is 24.3 Å². The van der Waals surface area contributed by atoms with Crippen LogP contribution in [0.25, 0.3) is 10.2 Å². The van der Waals surface area contributed by atoms with Crippen LogP contribution in [-0.4, -0.2) is 56.1 Å². The molecule has 0 aliphatic rings. The maximum atomic E-state index is 13.3. The molecule has 0 aliphatic carbocycles. The maximum absolute atomic E-state index is 13.3. The second-order valence-electron chi connectivity index (χ2n) is 7.33. The highest BCUT2D eigenvalue weighted by atomic mass is 32.1. The van der Waals surface area contributed by atoms with E-state index < -0.39 is 5.97 Å². The first kappa shape index (κ1) is 21.9. The maximum Gasteiger partial charge on any atom is 0.337 e. The molecule has 6 nitrogen and oxygen atoms in total. The number of thiazole rings is 1. The highest BCUT2D eigenvalue weighted by Crippen LogP contribution is 2.31. The van der Waals surface area contributed by atoms with E-state index in [9.17, 15) is 9.59 Å². The summed E-state index contributed by atoms with van der Waals surface area (Å²) >= 11 is 1.53. The number of methoxy groups -OCH3 is 1. The van der Waals surface area contributed by atoms with E-state index in [1.807, 2.05) is 20.2 Å². The summed E-state index contributed by atoms with van der Waals surface area (Å²) in [6, 6.07) is 12.8. The molecular formula is C23H27N3O3S. The summed E-state index contributed by atoms with van der Waals surface area (Å²) in [4.78, 5) is 33.6. The Morgan fingerprint density at radius 3 is 2.37 bits per heavy atom. The first-order valence-corrected chi connectivity index (χ1v) is 10.8. The van der Waals surface area contributed by atoms with Gasteiger partial charge in [-0.25, -0.2) is 9.78 Å². The van der Waals surface area contributed by atoms with Crippen LogP contribution in [0.15, 0.2) is 42.5 Å². The molecule has 2 aromatic carbocycles. The standard InChI is InChI=1S/C23H27N3O3S/c1-5-16-7-12-19-20(15-16)30-23(24-19)26(14-6-13-25(2)3)21(27)17-8-10-18(11-9-17)22(28)29-4/h7-12,15H,5-6,13-14H2,1-4H3. The van der Waals surface area contributed by atoms with Crippen LogP contribution in [0.4, 0.5) is 5.13 Å². The predicted octanol–water partition coefficient (Wildman–Crippen LogP) is 4.24. The molecule has 1 amide bonds. The van der Waals surface area contributed by atoms with E-state index in [4.69, 9.17) is 9.72 Å². The fraction of sp³-hybridized carbons (Fsp3) is 0.348. The van der Waals surface area contributed by atoms with Gasteiger partial charge in [-0.15, -0.1) is 0 Å². The van der Waals surface area contributed by atoms with Gasteiger partial charge in [0, 0.05) is 12.1 Å². The average Bonchev–Trinajstić information content (AvgIpc) is 3.18. The van der Waals surface area contributed by atoms with Crippen LogP contribution in [0.2, 0.25) is 0 Å². The van der Waals surface area contributed by atoms with E-state index in [0.717, 1.165) is 29.6 Å². The van der Waals surface area contributed by atoms with Crippen molar-refractivity contribution < 1.29 is 14.3 Å². The second kappa shape index (κ2) is 9.82. The molecule has 158 valence electrons. The van der Waals surface area contributed by atoms with Crippen molar-refractivity contribution in [1.29, 1.82) is 0 Å². The summed E-state index contributed by atoms with van der Waals surface area (Å²) in [5, 5.41) is 0.694. The number of fused-ring (bicyclic) bond motifs is 1. The molecule has 3 aromatic rings. The third-order valence-corrected chi connectivity index (χ3v) is 5.91. The van der Waals surface area contributed by atoms with E-state index in [-0.39, 0.29) is 5.91 Å². The summed E-state index contributed by atoms with van der Waals surface area (Å²) in [6.07, 6.45) is 1.79. The van der Waals surface area contributed by atoms with Crippen LogP contribution >= 0.6 is 11.3 Å². The SMILES string of the molecule is CCc1ccc2nc(N(CCCN(C)C)C(=O)c3ccc(C(=O)OC)cc3)sc2c1. The van der Waals surface area contributed by atoms with Crippen molar-refractivity contribution >= 4 is 38.6 Å². The Morgan fingerprint density at radius 1 is 1.03 bits per heavy atom. The predicted molar refractivity (Wildman–Crippen MR) is 122 cm³/mol. The van der Waals surface area contributed by atoms with Crippen molar-refractivity contribution in [2.75, 3.05) is 39.2 Å². The minimum atomic E-state index is -0.422. The molecule has 0 unspecified atom stereocenters. The fourth-order valence-corrected chi connectivity index (χ4v) is 4.20. The van der Waals surface area contributed by atoms with Gasteiger partial charge in [0.25, 0.3) is 5.91 Å². The zero-order valence-electron chi connectivity index (χ0n) is 17.8. The third kappa shape index (κ3) is 5.04. The lowest BCUT2D eigenvalue weighted by atomic mass is 10.1. The Bertz CT molecular complexity index is 1030. The topological polar surface area (TPSA) is 62.7 Å². The molecule has 3 rings (SSSR count). The van der Waals surface area contributed by atoms with Crippen LogP contribution in [0.3, 0.4) is 0 Å². The number of aryl methyl sites for hydroxylation is 1. The highest BCUT2D eigenvalue weighted by molar-refractivity contribution is 7.22. The van der Waals surface area contributed by atoms with Gasteiger partial charge < -0.3 is 9.64 Å². The second-order valence-corrected chi connectivity index (χ2v) is 8.34. The molecule has 0 atom stereocenters. The summed E-state index contributed by atoms with van der Waals surface area (Å²) in [6.45, 7) is 3.56. The van der Waals surface area contributed by atoms with E-state index in [0.29, 0.717) is 22.8 Å². The highest BCUT2D eigenvalue weighted by Gasteiger charge is 2.21. The molecule has 30 heavy (non-hydrogen) atoms. The van der Waals surface area contributed by atoms with E-state index in [2.05, 4.69) is 24.0 Å². The van der Waals surface area contributed by atoms with Crippen molar-refractivity contribution in [3.63, 3.8) is 0 Å². The number of nitrogens with zero attached hydrogens (tertiary/aromatic N) is 3. The molecule has 0 saturated heterocycles. The lowest BCUT2D eigenvalue weighted by Gasteiger charge is -2.21.